The van der Waals surface area contributed by atoms with Gasteiger partial charge < -0.3 is 15.7 Å². The minimum Gasteiger partial charge on any atom is -0.394 e. The summed E-state index contributed by atoms with van der Waals surface area (Å²) >= 11 is 1.46. The van der Waals surface area contributed by atoms with Gasteiger partial charge in [-0.3, -0.25) is 4.79 Å². The predicted octanol–water partition coefficient (Wildman–Crippen LogP) is 0.959. The first-order valence-electron chi connectivity index (χ1n) is 4.32. The van der Waals surface area contributed by atoms with Crippen LogP contribution in [0.1, 0.15) is 17.8 Å². The normalized spacial score (nSPS) is 12.5. The Morgan fingerprint density at radius 2 is 2.36 bits per heavy atom. The van der Waals surface area contributed by atoms with E-state index in [9.17, 15) is 4.79 Å². The third kappa shape index (κ3) is 2.80. The molecule has 3 N–H and O–H groups in total. The monoisotopic (exact) mass is 214 g/mol. The first-order valence-corrected chi connectivity index (χ1v) is 5.14. The Morgan fingerprint density at radius 3 is 2.86 bits per heavy atom. The lowest BCUT2D eigenvalue weighted by Crippen LogP contribution is -2.18. The summed E-state index contributed by atoms with van der Waals surface area (Å²) in [5.41, 5.74) is 0. The Hall–Kier alpha value is -0.910. The lowest BCUT2D eigenvalue weighted by Gasteiger charge is -2.09. The first kappa shape index (κ1) is 11.2. The number of thiophene rings is 1. The van der Waals surface area contributed by atoms with Crippen LogP contribution in [0.5, 0.6) is 0 Å². The van der Waals surface area contributed by atoms with Gasteiger partial charge in [0.05, 0.1) is 17.6 Å². The number of nitrogens with one attached hydrogen (secondary N) is 2. The lowest BCUT2D eigenvalue weighted by atomic mass is 10.2. The summed E-state index contributed by atoms with van der Waals surface area (Å²) in [4.78, 5) is 11.8. The molecule has 1 atom stereocenters. The van der Waals surface area contributed by atoms with Gasteiger partial charge in [0.2, 0.25) is 5.91 Å². The van der Waals surface area contributed by atoms with Crippen LogP contribution in [-0.4, -0.2) is 24.7 Å². The minimum atomic E-state index is -0.0802. The second-order valence-corrected chi connectivity index (χ2v) is 4.02. The van der Waals surface area contributed by atoms with Crippen molar-refractivity contribution in [3.05, 3.63) is 17.0 Å². The van der Waals surface area contributed by atoms with Crippen molar-refractivity contribution in [3.8, 4) is 0 Å². The molecule has 0 saturated heterocycles. The molecule has 1 amide bonds. The van der Waals surface area contributed by atoms with Gasteiger partial charge in [0, 0.05) is 11.8 Å². The molecule has 0 aliphatic heterocycles. The molecule has 0 radical (unpaired) electrons. The number of hydrogen-bond acceptors (Lipinski definition) is 4. The topological polar surface area (TPSA) is 61.4 Å². The molecule has 0 fully saturated rings. The highest BCUT2D eigenvalue weighted by atomic mass is 32.1. The van der Waals surface area contributed by atoms with Crippen LogP contribution >= 0.6 is 11.3 Å². The Balaban J connectivity index is 2.71. The maximum atomic E-state index is 10.8. The molecule has 4 nitrogen and oxygen atoms in total. The summed E-state index contributed by atoms with van der Waals surface area (Å²) < 4.78 is 0. The Morgan fingerprint density at radius 1 is 1.64 bits per heavy atom. The van der Waals surface area contributed by atoms with Crippen molar-refractivity contribution in [3.63, 3.8) is 0 Å². The highest BCUT2D eigenvalue weighted by Crippen LogP contribution is 2.26. The molecule has 1 aromatic heterocycles. The summed E-state index contributed by atoms with van der Waals surface area (Å²) in [5.74, 6) is -0.0802. The number of carbonyl (C=O) groups is 1. The van der Waals surface area contributed by atoms with Crippen LogP contribution in [0, 0.1) is 0 Å². The van der Waals surface area contributed by atoms with Gasteiger partial charge in [-0.25, -0.2) is 0 Å². The Bertz CT molecular complexity index is 308. The van der Waals surface area contributed by atoms with E-state index in [1.807, 2.05) is 12.1 Å². The van der Waals surface area contributed by atoms with Crippen molar-refractivity contribution in [1.29, 1.82) is 0 Å². The Kier molecular flexibility index (Phi) is 4.06. The zero-order valence-corrected chi connectivity index (χ0v) is 9.02. The van der Waals surface area contributed by atoms with Crippen LogP contribution in [0.25, 0.3) is 0 Å². The number of likely N-dealkylation sites (N-methyl/N-ethyl adjacent to an activating group) is 1. The van der Waals surface area contributed by atoms with Crippen molar-refractivity contribution in [2.45, 2.75) is 13.0 Å². The van der Waals surface area contributed by atoms with Gasteiger partial charge in [-0.2, -0.15) is 0 Å². The van der Waals surface area contributed by atoms with Gasteiger partial charge in [-0.05, 0) is 19.2 Å². The molecular weight excluding hydrogens is 200 g/mol. The van der Waals surface area contributed by atoms with Crippen LogP contribution in [0.15, 0.2) is 12.1 Å². The lowest BCUT2D eigenvalue weighted by molar-refractivity contribution is -0.114. The maximum Gasteiger partial charge on any atom is 0.221 e. The van der Waals surface area contributed by atoms with Crippen LogP contribution in [0.4, 0.5) is 5.00 Å². The molecule has 14 heavy (non-hydrogen) atoms. The van der Waals surface area contributed by atoms with E-state index < -0.39 is 0 Å². The summed E-state index contributed by atoms with van der Waals surface area (Å²) in [6.45, 7) is 1.53. The van der Waals surface area contributed by atoms with Crippen molar-refractivity contribution < 1.29 is 9.90 Å². The van der Waals surface area contributed by atoms with Crippen LogP contribution in [0.3, 0.4) is 0 Å². The van der Waals surface area contributed by atoms with Crippen molar-refractivity contribution in [2.24, 2.45) is 0 Å². The van der Waals surface area contributed by atoms with E-state index in [4.69, 9.17) is 5.11 Å². The van der Waals surface area contributed by atoms with Gasteiger partial charge in [0.1, 0.15) is 0 Å². The number of rotatable bonds is 4. The molecule has 0 aliphatic rings. The largest absolute Gasteiger partial charge is 0.394 e. The van der Waals surface area contributed by atoms with Gasteiger partial charge >= 0.3 is 0 Å². The molecule has 1 heterocycles. The zero-order chi connectivity index (χ0) is 10.6. The van der Waals surface area contributed by atoms with Crippen molar-refractivity contribution in [1.82, 2.24) is 5.32 Å². The van der Waals surface area contributed by atoms with E-state index in [-0.39, 0.29) is 18.6 Å². The van der Waals surface area contributed by atoms with Gasteiger partial charge in [0.15, 0.2) is 0 Å². The molecule has 1 aromatic rings. The van der Waals surface area contributed by atoms with Gasteiger partial charge in [-0.1, -0.05) is 0 Å². The summed E-state index contributed by atoms with van der Waals surface area (Å²) in [7, 11) is 1.79. The van der Waals surface area contributed by atoms with E-state index in [1.54, 1.807) is 7.05 Å². The van der Waals surface area contributed by atoms with E-state index in [2.05, 4.69) is 10.6 Å². The summed E-state index contributed by atoms with van der Waals surface area (Å²) in [6.07, 6.45) is 0. The number of amides is 1. The smallest absolute Gasteiger partial charge is 0.221 e. The quantitative estimate of drug-likeness (QED) is 0.699. The highest BCUT2D eigenvalue weighted by Gasteiger charge is 2.10. The fourth-order valence-corrected chi connectivity index (χ4v) is 2.16. The van der Waals surface area contributed by atoms with E-state index in [1.165, 1.54) is 18.3 Å². The number of aliphatic hydroxyl groups is 1. The summed E-state index contributed by atoms with van der Waals surface area (Å²) in [5, 5.41) is 15.5. The third-order valence-corrected chi connectivity index (χ3v) is 2.91. The third-order valence-electron chi connectivity index (χ3n) is 1.80. The number of carbonyl (C=O) groups excluding carboxylic acids is 1. The molecule has 0 aliphatic carbocycles. The first-order chi connectivity index (χ1) is 6.67. The van der Waals surface area contributed by atoms with E-state index in [0.29, 0.717) is 0 Å². The van der Waals surface area contributed by atoms with Crippen LogP contribution < -0.4 is 10.6 Å². The highest BCUT2D eigenvalue weighted by molar-refractivity contribution is 7.16. The van der Waals surface area contributed by atoms with E-state index >= 15 is 0 Å². The van der Waals surface area contributed by atoms with Crippen molar-refractivity contribution >= 4 is 22.2 Å². The molecule has 1 rings (SSSR count). The molecule has 78 valence electrons. The maximum absolute atomic E-state index is 10.8. The SMILES string of the molecule is CNC(CO)c1ccc(NC(C)=O)s1. The summed E-state index contributed by atoms with van der Waals surface area (Å²) in [6, 6.07) is 3.68. The molecule has 0 bridgehead atoms. The molecular formula is C9H14N2O2S. The molecule has 1 unspecified atom stereocenters. The second kappa shape index (κ2) is 5.09. The Labute approximate surface area is 87.0 Å². The van der Waals surface area contributed by atoms with Crippen LogP contribution in [-0.2, 0) is 4.79 Å². The number of anilines is 1. The molecule has 0 spiro atoms. The average molecular weight is 214 g/mol. The van der Waals surface area contributed by atoms with Crippen LogP contribution in [0.2, 0.25) is 0 Å². The fraction of sp³-hybridized carbons (Fsp3) is 0.444. The van der Waals surface area contributed by atoms with Gasteiger partial charge in [-0.15, -0.1) is 11.3 Å². The predicted molar refractivity (Wildman–Crippen MR) is 57.5 cm³/mol. The number of hydrogen-bond donors (Lipinski definition) is 3. The van der Waals surface area contributed by atoms with Gasteiger partial charge in [0.25, 0.3) is 0 Å². The zero-order valence-electron chi connectivity index (χ0n) is 8.20. The molecule has 0 aromatic carbocycles. The fourth-order valence-electron chi connectivity index (χ4n) is 1.10. The molecule has 0 saturated carbocycles. The van der Waals surface area contributed by atoms with E-state index in [0.717, 1.165) is 9.88 Å². The average Bonchev–Trinajstić information content (AvgIpc) is 2.54. The molecule has 5 heteroatoms. The minimum absolute atomic E-state index is 0.0521. The number of aliphatic hydroxyl groups excluding tert-OH is 1. The van der Waals surface area contributed by atoms with Crippen molar-refractivity contribution in [2.75, 3.05) is 19.0 Å². The standard InChI is InChI=1S/C9H14N2O2S/c1-6(13)11-9-4-3-8(14-9)7(5-12)10-2/h3-4,7,10,12H,5H2,1-2H3,(H,11,13). The second-order valence-electron chi connectivity index (χ2n) is 2.91.